The second-order valence-corrected chi connectivity index (χ2v) is 4.66. The van der Waals surface area contributed by atoms with E-state index in [1.54, 1.807) is 0 Å². The molecule has 0 fully saturated rings. The molecule has 0 spiro atoms. The molecule has 0 aliphatic carbocycles. The summed E-state index contributed by atoms with van der Waals surface area (Å²) in [5.74, 6) is 0. The van der Waals surface area contributed by atoms with E-state index >= 15 is 0 Å². The Morgan fingerprint density at radius 3 is 1.56 bits per heavy atom. The van der Waals surface area contributed by atoms with Gasteiger partial charge in [0, 0.05) is 0 Å². The van der Waals surface area contributed by atoms with Gasteiger partial charge in [-0.25, -0.2) is 0 Å². The van der Waals surface area contributed by atoms with Gasteiger partial charge in [0.1, 0.15) is 0 Å². The summed E-state index contributed by atoms with van der Waals surface area (Å²) >= 11 is 0.810. The third kappa shape index (κ3) is 4.57. The molecule has 1 rings (SSSR count). The van der Waals surface area contributed by atoms with Crippen molar-refractivity contribution >= 4 is 3.07 Å². The van der Waals surface area contributed by atoms with Gasteiger partial charge in [0.25, 0.3) is 0 Å². The molecule has 9 heavy (non-hydrogen) atoms. The summed E-state index contributed by atoms with van der Waals surface area (Å²) in [7, 11) is 0. The number of benzene rings is 1. The molecule has 0 aliphatic heterocycles. The maximum absolute atomic E-state index is 2.17. The van der Waals surface area contributed by atoms with E-state index in [1.165, 1.54) is 3.07 Å². The normalized spacial score (nSPS) is 6.89. The van der Waals surface area contributed by atoms with E-state index in [1.807, 2.05) is 0 Å². The predicted molar refractivity (Wildman–Crippen MR) is 33.3 cm³/mol. The summed E-state index contributed by atoms with van der Waals surface area (Å²) in [5.41, 5.74) is 0. The van der Waals surface area contributed by atoms with Crippen molar-refractivity contribution in [2.75, 3.05) is 0 Å². The molecule has 0 bridgehead atoms. The number of hydrogen-bond acceptors (Lipinski definition) is 0. The summed E-state index contributed by atoms with van der Waals surface area (Å²) < 4.78 is 1.52. The first-order chi connectivity index (χ1) is 3.39. The molecule has 2 nitrogen and oxygen atoms in total. The van der Waals surface area contributed by atoms with E-state index in [4.69, 9.17) is 0 Å². The zero-order valence-electron chi connectivity index (χ0n) is 5.09. The van der Waals surface area contributed by atoms with Crippen LogP contribution in [0.1, 0.15) is 0 Å². The topological polar surface area (TPSA) is 63.0 Å². The minimum absolute atomic E-state index is 0. The summed E-state index contributed by atoms with van der Waals surface area (Å²) in [6, 6.07) is 10.6. The average Bonchev–Trinajstić information content (AvgIpc) is 1.69. The molecule has 3 heteroatoms. The average molecular weight is 314 g/mol. The van der Waals surface area contributed by atoms with Gasteiger partial charge in [-0.05, 0) is 0 Å². The molecule has 1 aromatic carbocycles. The predicted octanol–water partition coefficient (Wildman–Crippen LogP) is -0.791. The fourth-order valence-electron chi connectivity index (χ4n) is 0.478. The standard InChI is InChI=1S/C6H5.Hg.2H2O/c1-2-4-6-5-3-1;;;/h1-5H;;2*1H2. The molecule has 0 aliphatic rings. The number of hydrogen-bond donors (Lipinski definition) is 0. The SMILES string of the molecule is O.O.[Hg][c]1ccccc1. The fraction of sp³-hybridized carbons (Fsp3) is 0. The van der Waals surface area contributed by atoms with Crippen molar-refractivity contribution in [2.45, 2.75) is 0 Å². The van der Waals surface area contributed by atoms with Gasteiger partial charge < -0.3 is 11.0 Å². The third-order valence-electron chi connectivity index (χ3n) is 0.843. The summed E-state index contributed by atoms with van der Waals surface area (Å²) in [6.07, 6.45) is 0. The second kappa shape index (κ2) is 6.20. The first-order valence-corrected chi connectivity index (χ1v) is 5.01. The van der Waals surface area contributed by atoms with Gasteiger partial charge in [-0.3, -0.25) is 0 Å². The molecule has 0 unspecified atom stereocenters. The van der Waals surface area contributed by atoms with Crippen LogP contribution in [0.25, 0.3) is 0 Å². The van der Waals surface area contributed by atoms with Crippen LogP contribution in [-0.2, 0) is 26.1 Å². The van der Waals surface area contributed by atoms with E-state index in [0.29, 0.717) is 0 Å². The molecule has 0 saturated heterocycles. The van der Waals surface area contributed by atoms with E-state index in [9.17, 15) is 0 Å². The Bertz CT molecular complexity index is 141. The Hall–Kier alpha value is 0.0751. The van der Waals surface area contributed by atoms with Crippen molar-refractivity contribution in [3.05, 3.63) is 30.3 Å². The Morgan fingerprint density at radius 1 is 0.889 bits per heavy atom. The van der Waals surface area contributed by atoms with E-state index < -0.39 is 0 Å². The molecule has 1 aromatic rings. The monoisotopic (exact) mass is 315 g/mol. The molecule has 0 saturated carbocycles. The molecular formula is C6H9HgO2. The van der Waals surface area contributed by atoms with Crippen LogP contribution in [0.4, 0.5) is 0 Å². The van der Waals surface area contributed by atoms with Crippen LogP contribution in [0.15, 0.2) is 30.3 Å². The molecule has 0 amide bonds. The Kier molecular flexibility index (Phi) is 8.14. The fourth-order valence-corrected chi connectivity index (χ4v) is 1.54. The van der Waals surface area contributed by atoms with Crippen LogP contribution in [0.2, 0.25) is 0 Å². The van der Waals surface area contributed by atoms with Gasteiger partial charge in [0.05, 0.1) is 0 Å². The van der Waals surface area contributed by atoms with Crippen LogP contribution in [-0.4, -0.2) is 11.0 Å². The van der Waals surface area contributed by atoms with Gasteiger partial charge in [-0.15, -0.1) is 0 Å². The van der Waals surface area contributed by atoms with Gasteiger partial charge in [0.15, 0.2) is 0 Å². The minimum atomic E-state index is 0. The van der Waals surface area contributed by atoms with E-state index in [0.717, 1.165) is 26.1 Å². The van der Waals surface area contributed by atoms with Crippen LogP contribution in [0.3, 0.4) is 0 Å². The van der Waals surface area contributed by atoms with Crippen molar-refractivity contribution in [1.29, 1.82) is 0 Å². The van der Waals surface area contributed by atoms with Gasteiger partial charge in [0.2, 0.25) is 0 Å². The summed E-state index contributed by atoms with van der Waals surface area (Å²) in [5, 5.41) is 0. The Balaban J connectivity index is 0. The zero-order chi connectivity index (χ0) is 5.11. The van der Waals surface area contributed by atoms with Crippen molar-refractivity contribution in [3.63, 3.8) is 0 Å². The van der Waals surface area contributed by atoms with Gasteiger partial charge in [-0.1, -0.05) is 0 Å². The number of rotatable bonds is 0. The first kappa shape index (κ1) is 11.8. The molecule has 0 aromatic heterocycles. The molecule has 0 atom stereocenters. The van der Waals surface area contributed by atoms with Gasteiger partial charge >= 0.3 is 59.5 Å². The van der Waals surface area contributed by atoms with Crippen molar-refractivity contribution in [2.24, 2.45) is 0 Å². The van der Waals surface area contributed by atoms with Crippen molar-refractivity contribution < 1.29 is 37.1 Å². The third-order valence-corrected chi connectivity index (χ3v) is 2.68. The van der Waals surface area contributed by atoms with Crippen molar-refractivity contribution in [1.82, 2.24) is 0 Å². The maximum atomic E-state index is 2.17. The second-order valence-electron chi connectivity index (χ2n) is 1.49. The molecule has 0 heterocycles. The van der Waals surface area contributed by atoms with Crippen LogP contribution in [0, 0.1) is 0 Å². The van der Waals surface area contributed by atoms with Crippen LogP contribution in [0.5, 0.6) is 0 Å². The van der Waals surface area contributed by atoms with Crippen molar-refractivity contribution in [3.8, 4) is 0 Å². The van der Waals surface area contributed by atoms with Gasteiger partial charge in [-0.2, -0.15) is 0 Å². The quantitative estimate of drug-likeness (QED) is 0.564. The first-order valence-electron chi connectivity index (χ1n) is 2.26. The molecule has 47 valence electrons. The van der Waals surface area contributed by atoms with E-state index in [-0.39, 0.29) is 11.0 Å². The van der Waals surface area contributed by atoms with Crippen LogP contribution < -0.4 is 3.07 Å². The zero-order valence-corrected chi connectivity index (χ0v) is 10.6. The Morgan fingerprint density at radius 2 is 1.33 bits per heavy atom. The Labute approximate surface area is 70.5 Å². The van der Waals surface area contributed by atoms with Crippen LogP contribution >= 0.6 is 0 Å². The summed E-state index contributed by atoms with van der Waals surface area (Å²) in [6.45, 7) is 0. The molecule has 0 radical (unpaired) electrons. The van der Waals surface area contributed by atoms with E-state index in [2.05, 4.69) is 30.3 Å². The molecular weight excluding hydrogens is 305 g/mol. The molecule has 4 N–H and O–H groups in total. The summed E-state index contributed by atoms with van der Waals surface area (Å²) in [4.78, 5) is 0.